The summed E-state index contributed by atoms with van der Waals surface area (Å²) in [6.45, 7) is 6.40. The van der Waals surface area contributed by atoms with Crippen LogP contribution in [0.3, 0.4) is 0 Å². The Kier molecular flexibility index (Phi) is 5.19. The number of hydrogen-bond acceptors (Lipinski definition) is 6. The smallest absolute Gasteiger partial charge is 0.271 e. The summed E-state index contributed by atoms with van der Waals surface area (Å²) in [5.41, 5.74) is 2.22. The third-order valence-electron chi connectivity index (χ3n) is 4.45. The number of rotatable bonds is 4. The Morgan fingerprint density at radius 1 is 1.15 bits per heavy atom. The molecule has 1 aliphatic heterocycles. The number of para-hydroxylation sites is 1. The third kappa shape index (κ3) is 4.82. The van der Waals surface area contributed by atoms with Gasteiger partial charge in [-0.25, -0.2) is 18.4 Å². The van der Waals surface area contributed by atoms with Crippen LogP contribution in [0.5, 0.6) is 0 Å². The normalized spacial score (nSPS) is 18.9. The Labute approximate surface area is 159 Å². The van der Waals surface area contributed by atoms with Crippen molar-refractivity contribution in [1.29, 1.82) is 0 Å². The summed E-state index contributed by atoms with van der Waals surface area (Å²) >= 11 is 0. The van der Waals surface area contributed by atoms with E-state index in [0.717, 1.165) is 11.3 Å². The summed E-state index contributed by atoms with van der Waals surface area (Å²) in [6.07, 6.45) is 3.32. The molecule has 144 valence electrons. The van der Waals surface area contributed by atoms with Gasteiger partial charge in [0.2, 0.25) is 0 Å². The monoisotopic (exact) mass is 388 g/mol. The van der Waals surface area contributed by atoms with Crippen molar-refractivity contribution in [3.8, 4) is 0 Å². The third-order valence-corrected chi connectivity index (χ3v) is 6.22. The molecule has 8 heteroatoms. The number of carbonyl (C=O) groups excluding carboxylic acids is 1. The van der Waals surface area contributed by atoms with E-state index in [1.807, 2.05) is 18.2 Å². The van der Waals surface area contributed by atoms with E-state index in [2.05, 4.69) is 47.4 Å². The van der Waals surface area contributed by atoms with E-state index in [4.69, 9.17) is 0 Å². The van der Waals surface area contributed by atoms with Crippen molar-refractivity contribution in [3.05, 3.63) is 47.9 Å². The van der Waals surface area contributed by atoms with E-state index in [-0.39, 0.29) is 28.7 Å². The lowest BCUT2D eigenvalue weighted by atomic mass is 9.86. The van der Waals surface area contributed by atoms with Gasteiger partial charge in [-0.05, 0) is 23.5 Å². The summed E-state index contributed by atoms with van der Waals surface area (Å²) < 4.78 is 23.0. The van der Waals surface area contributed by atoms with Crippen molar-refractivity contribution in [1.82, 2.24) is 15.3 Å². The summed E-state index contributed by atoms with van der Waals surface area (Å²) in [5.74, 6) is 0.215. The van der Waals surface area contributed by atoms with E-state index in [0.29, 0.717) is 12.2 Å². The van der Waals surface area contributed by atoms with Crippen LogP contribution in [0.25, 0.3) is 0 Å². The summed E-state index contributed by atoms with van der Waals surface area (Å²) in [5, 5.41) is 5.95. The minimum Gasteiger partial charge on any atom is -0.347 e. The van der Waals surface area contributed by atoms with Gasteiger partial charge in [-0.2, -0.15) is 0 Å². The number of sulfone groups is 1. The molecule has 2 aromatic rings. The number of benzene rings is 1. The van der Waals surface area contributed by atoms with Gasteiger partial charge in [0.05, 0.1) is 23.9 Å². The van der Waals surface area contributed by atoms with Crippen molar-refractivity contribution in [2.24, 2.45) is 0 Å². The van der Waals surface area contributed by atoms with Crippen molar-refractivity contribution in [2.45, 2.75) is 38.6 Å². The first kappa shape index (κ1) is 19.3. The average molecular weight is 388 g/mol. The Bertz CT molecular complexity index is 934. The van der Waals surface area contributed by atoms with E-state index in [1.165, 1.54) is 12.4 Å². The van der Waals surface area contributed by atoms with Crippen LogP contribution in [0, 0.1) is 0 Å². The summed E-state index contributed by atoms with van der Waals surface area (Å²) in [4.78, 5) is 20.7. The lowest BCUT2D eigenvalue weighted by molar-refractivity contribution is 0.0935. The number of amides is 1. The lowest BCUT2D eigenvalue weighted by Gasteiger charge is -2.23. The Hall–Kier alpha value is -2.48. The van der Waals surface area contributed by atoms with E-state index >= 15 is 0 Å². The fourth-order valence-electron chi connectivity index (χ4n) is 3.06. The molecule has 0 bridgehead atoms. The van der Waals surface area contributed by atoms with Gasteiger partial charge in [0.1, 0.15) is 11.5 Å². The van der Waals surface area contributed by atoms with Crippen LogP contribution in [0.1, 0.15) is 43.2 Å². The first-order valence-corrected chi connectivity index (χ1v) is 10.7. The predicted molar refractivity (Wildman–Crippen MR) is 105 cm³/mol. The van der Waals surface area contributed by atoms with E-state index in [1.54, 1.807) is 0 Å². The molecule has 1 atom stereocenters. The van der Waals surface area contributed by atoms with Crippen LogP contribution in [0.15, 0.2) is 36.7 Å². The van der Waals surface area contributed by atoms with Gasteiger partial charge in [0, 0.05) is 11.7 Å². The van der Waals surface area contributed by atoms with Gasteiger partial charge in [0.25, 0.3) is 5.91 Å². The second-order valence-electron chi connectivity index (χ2n) is 7.78. The number of aromatic nitrogens is 2. The highest BCUT2D eigenvalue weighted by Gasteiger charge is 2.29. The molecular formula is C19H24N4O3S. The molecule has 7 nitrogen and oxygen atoms in total. The maximum absolute atomic E-state index is 12.2. The predicted octanol–water partition coefficient (Wildman–Crippen LogP) is 2.43. The molecule has 3 rings (SSSR count). The topological polar surface area (TPSA) is 101 Å². The molecule has 1 fully saturated rings. The quantitative estimate of drug-likeness (QED) is 0.834. The van der Waals surface area contributed by atoms with Crippen molar-refractivity contribution in [3.63, 3.8) is 0 Å². The molecule has 2 heterocycles. The minimum absolute atomic E-state index is 0.0185. The number of anilines is 2. The number of hydrogen-bond donors (Lipinski definition) is 2. The zero-order valence-corrected chi connectivity index (χ0v) is 16.5. The molecule has 2 N–H and O–H groups in total. The van der Waals surface area contributed by atoms with Crippen molar-refractivity contribution < 1.29 is 13.2 Å². The maximum atomic E-state index is 12.2. The van der Waals surface area contributed by atoms with Gasteiger partial charge in [-0.15, -0.1) is 0 Å². The fourth-order valence-corrected chi connectivity index (χ4v) is 4.74. The molecule has 1 unspecified atom stereocenters. The van der Waals surface area contributed by atoms with E-state index in [9.17, 15) is 13.2 Å². The second-order valence-corrected chi connectivity index (χ2v) is 10.0. The van der Waals surface area contributed by atoms with Gasteiger partial charge in [0.15, 0.2) is 9.84 Å². The standard InChI is InChI=1S/C19H24N4O3S/c1-19(2,3)14-6-4-5-7-15(14)23-17-11-20-16(10-21-17)18(24)22-13-8-9-27(25,26)12-13/h4-7,10-11,13H,8-9,12H2,1-3H3,(H,21,23)(H,22,24). The molecule has 0 radical (unpaired) electrons. The molecule has 1 amide bonds. The van der Waals surface area contributed by atoms with Crippen molar-refractivity contribution >= 4 is 27.2 Å². The van der Waals surface area contributed by atoms with Gasteiger partial charge < -0.3 is 10.6 Å². The van der Waals surface area contributed by atoms with Gasteiger partial charge in [-0.3, -0.25) is 4.79 Å². The fraction of sp³-hybridized carbons (Fsp3) is 0.421. The van der Waals surface area contributed by atoms with Crippen LogP contribution in [-0.4, -0.2) is 41.8 Å². The highest BCUT2D eigenvalue weighted by Crippen LogP contribution is 2.30. The molecule has 0 aliphatic carbocycles. The molecule has 0 spiro atoms. The largest absolute Gasteiger partial charge is 0.347 e. The maximum Gasteiger partial charge on any atom is 0.271 e. The van der Waals surface area contributed by atoms with Gasteiger partial charge >= 0.3 is 0 Å². The highest BCUT2D eigenvalue weighted by molar-refractivity contribution is 7.91. The van der Waals surface area contributed by atoms with E-state index < -0.39 is 15.7 Å². The summed E-state index contributed by atoms with van der Waals surface area (Å²) in [6, 6.07) is 7.62. The number of nitrogens with zero attached hydrogens (tertiary/aromatic N) is 2. The van der Waals surface area contributed by atoms with Crippen molar-refractivity contribution in [2.75, 3.05) is 16.8 Å². The highest BCUT2D eigenvalue weighted by atomic mass is 32.2. The molecular weight excluding hydrogens is 364 g/mol. The molecule has 1 aliphatic rings. The Morgan fingerprint density at radius 2 is 1.89 bits per heavy atom. The van der Waals surface area contributed by atoms with Gasteiger partial charge in [-0.1, -0.05) is 39.0 Å². The Morgan fingerprint density at radius 3 is 2.48 bits per heavy atom. The minimum atomic E-state index is -3.04. The first-order valence-electron chi connectivity index (χ1n) is 8.84. The van der Waals surface area contributed by atoms with Crippen LogP contribution >= 0.6 is 0 Å². The molecule has 27 heavy (non-hydrogen) atoms. The van der Waals surface area contributed by atoms with Crippen LogP contribution in [0.4, 0.5) is 11.5 Å². The molecule has 0 saturated carbocycles. The zero-order chi connectivity index (χ0) is 19.7. The summed E-state index contributed by atoms with van der Waals surface area (Å²) in [7, 11) is -3.04. The van der Waals surface area contributed by atoms with Crippen LogP contribution in [-0.2, 0) is 15.3 Å². The SMILES string of the molecule is CC(C)(C)c1ccccc1Nc1cnc(C(=O)NC2CCS(=O)(=O)C2)cn1. The van der Waals surface area contributed by atoms with Crippen LogP contribution in [0.2, 0.25) is 0 Å². The number of nitrogens with one attached hydrogen (secondary N) is 2. The van der Waals surface area contributed by atoms with Crippen LogP contribution < -0.4 is 10.6 Å². The Balaban J connectivity index is 1.69. The second kappa shape index (κ2) is 7.26. The average Bonchev–Trinajstić information content (AvgIpc) is 2.93. The molecule has 1 aromatic carbocycles. The molecule has 1 saturated heterocycles. The first-order chi connectivity index (χ1) is 12.6. The lowest BCUT2D eigenvalue weighted by Crippen LogP contribution is -2.36. The zero-order valence-electron chi connectivity index (χ0n) is 15.7. The molecule has 1 aromatic heterocycles. The number of carbonyl (C=O) groups is 1.